The third kappa shape index (κ3) is 8.18. The van der Waals surface area contributed by atoms with Gasteiger partial charge in [-0.2, -0.15) is 0 Å². The zero-order chi connectivity index (χ0) is 22.4. The van der Waals surface area contributed by atoms with Gasteiger partial charge < -0.3 is 4.57 Å². The summed E-state index contributed by atoms with van der Waals surface area (Å²) in [6, 6.07) is 3.32. The Kier molecular flexibility index (Phi) is 13.3. The van der Waals surface area contributed by atoms with E-state index in [0.717, 1.165) is 43.3 Å². The van der Waals surface area contributed by atoms with Gasteiger partial charge in [0.15, 0.2) is 0 Å². The van der Waals surface area contributed by atoms with Crippen LogP contribution < -0.4 is 0 Å². The largest absolute Gasteiger partial charge is 0.328 e. The Morgan fingerprint density at radius 1 is 1.10 bits per heavy atom. The van der Waals surface area contributed by atoms with Crippen LogP contribution >= 0.6 is 0 Å². The lowest BCUT2D eigenvalue weighted by molar-refractivity contribution is 0.597. The Morgan fingerprint density at radius 3 is 2.17 bits per heavy atom. The Bertz CT molecular complexity index is 814. The number of aryl methyl sites for hydroxylation is 1. The molecule has 1 aromatic heterocycles. The molecule has 0 unspecified atom stereocenters. The van der Waals surface area contributed by atoms with Crippen molar-refractivity contribution in [1.29, 1.82) is 0 Å². The third-order valence-electron chi connectivity index (χ3n) is 3.92. The molecule has 0 aliphatic carbocycles. The molecule has 0 saturated carbocycles. The molecule has 2 rings (SSSR count). The van der Waals surface area contributed by atoms with E-state index in [9.17, 15) is 8.78 Å². The first-order valence-electron chi connectivity index (χ1n) is 10.3. The van der Waals surface area contributed by atoms with Crippen molar-refractivity contribution in [3.05, 3.63) is 71.3 Å². The topological polar surface area (TPSA) is 17.8 Å². The number of hydrogen-bond acceptors (Lipinski definition) is 1. The minimum Gasteiger partial charge on any atom is -0.328 e. The molecule has 0 aliphatic heterocycles. The van der Waals surface area contributed by atoms with Crippen LogP contribution in [0.3, 0.4) is 0 Å². The highest BCUT2D eigenvalue weighted by Gasteiger charge is 2.10. The molecule has 160 valence electrons. The van der Waals surface area contributed by atoms with Crippen molar-refractivity contribution >= 4 is 17.7 Å². The van der Waals surface area contributed by atoms with Crippen molar-refractivity contribution < 1.29 is 8.78 Å². The summed E-state index contributed by atoms with van der Waals surface area (Å²) in [5.74, 6) is 0.311. The second kappa shape index (κ2) is 14.5. The van der Waals surface area contributed by atoms with Gasteiger partial charge in [0, 0.05) is 18.5 Å². The molecule has 2 nitrogen and oxygen atoms in total. The maximum atomic E-state index is 12.8. The Morgan fingerprint density at radius 2 is 1.72 bits per heavy atom. The minimum absolute atomic E-state index is 0.241. The minimum atomic E-state index is -0.440. The van der Waals surface area contributed by atoms with Crippen LogP contribution in [0.25, 0.3) is 17.7 Å². The van der Waals surface area contributed by atoms with Crippen LogP contribution in [0, 0.1) is 11.6 Å². The van der Waals surface area contributed by atoms with E-state index in [1.807, 2.05) is 33.8 Å². The average Bonchev–Trinajstić information content (AvgIpc) is 3.03. The van der Waals surface area contributed by atoms with E-state index in [-0.39, 0.29) is 5.56 Å². The first kappa shape index (κ1) is 26.5. The Hall–Kier alpha value is -2.49. The summed E-state index contributed by atoms with van der Waals surface area (Å²) >= 11 is 0. The molecule has 0 aliphatic rings. The number of halogens is 2. The van der Waals surface area contributed by atoms with Gasteiger partial charge in [-0.3, -0.25) is 0 Å². The van der Waals surface area contributed by atoms with Gasteiger partial charge in [0.1, 0.15) is 17.5 Å². The van der Waals surface area contributed by atoms with E-state index in [1.165, 1.54) is 11.5 Å². The van der Waals surface area contributed by atoms with Gasteiger partial charge in [0.05, 0.1) is 11.4 Å². The highest BCUT2D eigenvalue weighted by molar-refractivity contribution is 5.62. The van der Waals surface area contributed by atoms with Crippen LogP contribution in [0.15, 0.2) is 36.9 Å². The fourth-order valence-electron chi connectivity index (χ4n) is 2.72. The van der Waals surface area contributed by atoms with Crippen molar-refractivity contribution in [2.75, 3.05) is 0 Å². The first-order valence-corrected chi connectivity index (χ1v) is 10.3. The number of aromatic nitrogens is 2. The van der Waals surface area contributed by atoms with Gasteiger partial charge in [0.2, 0.25) is 0 Å². The molecule has 0 N–H and O–H groups in total. The van der Waals surface area contributed by atoms with Crippen molar-refractivity contribution in [1.82, 2.24) is 9.55 Å². The van der Waals surface area contributed by atoms with Crippen LogP contribution in [0.4, 0.5) is 8.78 Å². The summed E-state index contributed by atoms with van der Waals surface area (Å²) in [6.07, 6.45) is 10.5. The van der Waals surface area contributed by atoms with E-state index in [2.05, 4.69) is 48.2 Å². The summed E-state index contributed by atoms with van der Waals surface area (Å²) in [7, 11) is 0. The molecule has 0 fully saturated rings. The molecule has 0 saturated heterocycles. The van der Waals surface area contributed by atoms with E-state index in [4.69, 9.17) is 0 Å². The standard InChI is InChI=1S/C14H22N2.C9H8F2.C2H6/c1-5-9-12-13(10-6-2)16(11-7-3)14(8-4)15-12;1-6(2)8-5-7(10)3-4-9(8)11;1-2/h5-6,9-10H,7-8,11H2,1-4H3;3-5H,1H2,2H3;1-2H3/b9-5-,10-6+;;. The van der Waals surface area contributed by atoms with Crippen molar-refractivity contribution in [2.24, 2.45) is 0 Å². The summed E-state index contributed by atoms with van der Waals surface area (Å²) < 4.78 is 27.6. The number of rotatable bonds is 6. The smallest absolute Gasteiger partial charge is 0.130 e. The quantitative estimate of drug-likeness (QED) is 0.479. The second-order valence-electron chi connectivity index (χ2n) is 6.21. The van der Waals surface area contributed by atoms with Crippen LogP contribution in [-0.2, 0) is 13.0 Å². The van der Waals surface area contributed by atoms with Crippen molar-refractivity contribution in [3.63, 3.8) is 0 Å². The lowest BCUT2D eigenvalue weighted by Crippen LogP contribution is -2.04. The number of imidazole rings is 1. The van der Waals surface area contributed by atoms with Crippen LogP contribution in [0.1, 0.15) is 77.7 Å². The second-order valence-corrected chi connectivity index (χ2v) is 6.21. The first-order chi connectivity index (χ1) is 13.9. The SMILES string of the molecule is C/C=C\c1nc(CC)n(CCC)c1/C=C/C.C=C(C)c1cc(F)ccc1F.CC. The maximum Gasteiger partial charge on any atom is 0.130 e. The molecular weight excluding hydrogens is 366 g/mol. The van der Waals surface area contributed by atoms with E-state index < -0.39 is 11.6 Å². The van der Waals surface area contributed by atoms with Gasteiger partial charge in [0.25, 0.3) is 0 Å². The van der Waals surface area contributed by atoms with Crippen LogP contribution in [0.5, 0.6) is 0 Å². The molecule has 29 heavy (non-hydrogen) atoms. The summed E-state index contributed by atoms with van der Waals surface area (Å²) in [4.78, 5) is 4.68. The lowest BCUT2D eigenvalue weighted by Gasteiger charge is -2.07. The molecule has 0 bridgehead atoms. The van der Waals surface area contributed by atoms with E-state index in [0.29, 0.717) is 5.57 Å². The zero-order valence-corrected chi connectivity index (χ0v) is 19.0. The summed E-state index contributed by atoms with van der Waals surface area (Å²) in [5, 5.41) is 0. The normalized spacial score (nSPS) is 10.5. The van der Waals surface area contributed by atoms with Gasteiger partial charge in [-0.1, -0.05) is 46.4 Å². The molecule has 2 aromatic rings. The van der Waals surface area contributed by atoms with E-state index in [1.54, 1.807) is 6.92 Å². The third-order valence-corrected chi connectivity index (χ3v) is 3.92. The van der Waals surface area contributed by atoms with Gasteiger partial charge in [-0.25, -0.2) is 13.8 Å². The fourth-order valence-corrected chi connectivity index (χ4v) is 2.72. The van der Waals surface area contributed by atoms with Gasteiger partial charge in [-0.05, 0) is 63.1 Å². The van der Waals surface area contributed by atoms with Crippen LogP contribution in [0.2, 0.25) is 0 Å². The Labute approximate surface area is 175 Å². The summed E-state index contributed by atoms with van der Waals surface area (Å²) in [5.41, 5.74) is 3.09. The number of allylic oxidation sites excluding steroid dienone is 3. The highest BCUT2D eigenvalue weighted by atomic mass is 19.1. The molecule has 1 heterocycles. The van der Waals surface area contributed by atoms with Gasteiger partial charge >= 0.3 is 0 Å². The molecule has 1 aromatic carbocycles. The highest BCUT2D eigenvalue weighted by Crippen LogP contribution is 2.18. The molecule has 0 radical (unpaired) electrons. The molecule has 0 amide bonds. The number of nitrogens with zero attached hydrogens (tertiary/aromatic N) is 2. The fraction of sp³-hybridized carbons (Fsp3) is 0.400. The molecular formula is C25H36F2N2. The lowest BCUT2D eigenvalue weighted by atomic mass is 10.1. The number of benzene rings is 1. The van der Waals surface area contributed by atoms with Gasteiger partial charge in [-0.15, -0.1) is 0 Å². The molecule has 0 atom stereocenters. The van der Waals surface area contributed by atoms with Crippen molar-refractivity contribution in [3.8, 4) is 0 Å². The average molecular weight is 403 g/mol. The maximum absolute atomic E-state index is 12.8. The molecule has 4 heteroatoms. The predicted molar refractivity (Wildman–Crippen MR) is 124 cm³/mol. The predicted octanol–water partition coefficient (Wildman–Crippen LogP) is 7.95. The Balaban J connectivity index is 0.000000526. The summed E-state index contributed by atoms with van der Waals surface area (Å²) in [6.45, 7) is 18.7. The van der Waals surface area contributed by atoms with Crippen molar-refractivity contribution in [2.45, 2.75) is 67.9 Å². The zero-order valence-electron chi connectivity index (χ0n) is 19.0. The van der Waals surface area contributed by atoms with E-state index >= 15 is 0 Å². The van der Waals surface area contributed by atoms with Crippen LogP contribution in [-0.4, -0.2) is 9.55 Å². The number of hydrogen-bond donors (Lipinski definition) is 0. The molecule has 0 spiro atoms. The monoisotopic (exact) mass is 402 g/mol.